The Kier molecular flexibility index (Phi) is 5.71. The quantitative estimate of drug-likeness (QED) is 0.448. The Morgan fingerprint density at radius 2 is 1.96 bits per heavy atom. The minimum absolute atomic E-state index is 0.00391. The molecule has 0 aliphatic heterocycles. The average Bonchev–Trinajstić information content (AvgIpc) is 2.63. The average molecular weight is 408 g/mol. The third kappa shape index (κ3) is 4.52. The standard InChI is InChI=1S/C20H14ClF4N3/c1-12(28-19-15-6-3-7-17(22)18(15)26-11-27-19)4-2-5-13-8-9-14(21)10-16(13)20(23,24)25/h3,6-12H,4H2,1H3,(H,26,27,28). The van der Waals surface area contributed by atoms with Gasteiger partial charge in [0.15, 0.2) is 0 Å². The van der Waals surface area contributed by atoms with Crippen molar-refractivity contribution in [2.75, 3.05) is 5.32 Å². The molecule has 8 heteroatoms. The van der Waals surface area contributed by atoms with Crippen molar-refractivity contribution in [2.45, 2.75) is 25.6 Å². The number of nitrogens with one attached hydrogen (secondary N) is 1. The fourth-order valence-corrected chi connectivity index (χ4v) is 2.78. The maximum atomic E-state index is 13.8. The van der Waals surface area contributed by atoms with Gasteiger partial charge in [0.2, 0.25) is 0 Å². The molecule has 0 aliphatic rings. The molecule has 1 N–H and O–H groups in total. The summed E-state index contributed by atoms with van der Waals surface area (Å²) < 4.78 is 53.1. The molecule has 1 aromatic heterocycles. The molecule has 0 radical (unpaired) electrons. The fourth-order valence-electron chi connectivity index (χ4n) is 2.61. The van der Waals surface area contributed by atoms with Crippen molar-refractivity contribution < 1.29 is 17.6 Å². The molecule has 1 unspecified atom stereocenters. The van der Waals surface area contributed by atoms with Crippen LogP contribution >= 0.6 is 11.6 Å². The second kappa shape index (κ2) is 8.03. The third-order valence-corrected chi connectivity index (χ3v) is 4.15. The first-order valence-corrected chi connectivity index (χ1v) is 8.65. The molecule has 1 heterocycles. The van der Waals surface area contributed by atoms with Crippen LogP contribution in [0.1, 0.15) is 24.5 Å². The highest BCUT2D eigenvalue weighted by Gasteiger charge is 2.33. The number of halogens is 5. The summed E-state index contributed by atoms with van der Waals surface area (Å²) in [6.45, 7) is 1.80. The largest absolute Gasteiger partial charge is 0.417 e. The van der Waals surface area contributed by atoms with Gasteiger partial charge in [0.05, 0.1) is 5.56 Å². The van der Waals surface area contributed by atoms with Crippen LogP contribution in [-0.2, 0) is 6.18 Å². The van der Waals surface area contributed by atoms with Gasteiger partial charge in [-0.25, -0.2) is 14.4 Å². The van der Waals surface area contributed by atoms with Crippen molar-refractivity contribution in [1.29, 1.82) is 0 Å². The van der Waals surface area contributed by atoms with Crippen molar-refractivity contribution >= 4 is 28.3 Å². The van der Waals surface area contributed by atoms with E-state index >= 15 is 0 Å². The molecule has 0 aliphatic carbocycles. The number of alkyl halides is 3. The van der Waals surface area contributed by atoms with Crippen LogP contribution in [0.4, 0.5) is 23.4 Å². The zero-order valence-electron chi connectivity index (χ0n) is 14.6. The summed E-state index contributed by atoms with van der Waals surface area (Å²) in [5.74, 6) is 5.26. The van der Waals surface area contributed by atoms with Gasteiger partial charge in [0.1, 0.15) is 23.5 Å². The molecule has 3 rings (SSSR count). The summed E-state index contributed by atoms with van der Waals surface area (Å²) in [4.78, 5) is 8.03. The number of hydrogen-bond acceptors (Lipinski definition) is 3. The van der Waals surface area contributed by atoms with E-state index in [2.05, 4.69) is 27.1 Å². The first kappa shape index (κ1) is 19.9. The number of benzene rings is 2. The number of rotatable bonds is 3. The summed E-state index contributed by atoms with van der Waals surface area (Å²) in [6.07, 6.45) is -3.04. The second-order valence-electron chi connectivity index (χ2n) is 6.10. The van der Waals surface area contributed by atoms with Crippen molar-refractivity contribution in [3.8, 4) is 11.8 Å². The smallest absolute Gasteiger partial charge is 0.366 e. The number of fused-ring (bicyclic) bond motifs is 1. The zero-order valence-corrected chi connectivity index (χ0v) is 15.4. The van der Waals surface area contributed by atoms with Gasteiger partial charge in [-0.15, -0.1) is 0 Å². The Morgan fingerprint density at radius 1 is 1.18 bits per heavy atom. The summed E-state index contributed by atoms with van der Waals surface area (Å²) >= 11 is 5.66. The van der Waals surface area contributed by atoms with Crippen LogP contribution in [0.25, 0.3) is 10.9 Å². The van der Waals surface area contributed by atoms with E-state index in [0.717, 1.165) is 6.07 Å². The zero-order chi connectivity index (χ0) is 20.3. The summed E-state index contributed by atoms with van der Waals surface area (Å²) in [5.41, 5.74) is -0.821. The van der Waals surface area contributed by atoms with Crippen LogP contribution in [-0.4, -0.2) is 16.0 Å². The lowest BCUT2D eigenvalue weighted by atomic mass is 10.1. The summed E-state index contributed by atoms with van der Waals surface area (Å²) in [7, 11) is 0. The predicted molar refractivity (Wildman–Crippen MR) is 101 cm³/mol. The Morgan fingerprint density at radius 3 is 2.71 bits per heavy atom. The molecule has 28 heavy (non-hydrogen) atoms. The predicted octanol–water partition coefficient (Wildman–Crippen LogP) is 5.68. The van der Waals surface area contributed by atoms with Gasteiger partial charge in [-0.2, -0.15) is 13.2 Å². The minimum atomic E-state index is -4.54. The van der Waals surface area contributed by atoms with Crippen molar-refractivity contribution in [3.05, 3.63) is 64.7 Å². The molecule has 1 atom stereocenters. The molecule has 0 spiro atoms. The maximum Gasteiger partial charge on any atom is 0.417 e. The van der Waals surface area contributed by atoms with Crippen LogP contribution < -0.4 is 5.32 Å². The number of aromatic nitrogens is 2. The van der Waals surface area contributed by atoms with Crippen LogP contribution in [0.5, 0.6) is 0 Å². The van der Waals surface area contributed by atoms with Gasteiger partial charge in [0.25, 0.3) is 0 Å². The van der Waals surface area contributed by atoms with Crippen molar-refractivity contribution in [3.63, 3.8) is 0 Å². The highest BCUT2D eigenvalue weighted by atomic mass is 35.5. The van der Waals surface area contributed by atoms with E-state index in [1.165, 1.54) is 24.5 Å². The third-order valence-electron chi connectivity index (χ3n) is 3.92. The SMILES string of the molecule is CC(CC#Cc1ccc(Cl)cc1C(F)(F)F)Nc1ncnc2c(F)cccc12. The van der Waals surface area contributed by atoms with E-state index in [-0.39, 0.29) is 28.6 Å². The van der Waals surface area contributed by atoms with E-state index in [4.69, 9.17) is 11.6 Å². The number of anilines is 1. The summed E-state index contributed by atoms with van der Waals surface area (Å²) in [5, 5.41) is 3.60. The van der Waals surface area contributed by atoms with Gasteiger partial charge in [0, 0.05) is 28.4 Å². The van der Waals surface area contributed by atoms with Gasteiger partial charge < -0.3 is 5.32 Å². The molecule has 3 nitrogen and oxygen atoms in total. The molecule has 0 saturated carbocycles. The van der Waals surface area contributed by atoms with E-state index in [9.17, 15) is 17.6 Å². The van der Waals surface area contributed by atoms with Crippen molar-refractivity contribution in [1.82, 2.24) is 9.97 Å². The lowest BCUT2D eigenvalue weighted by Crippen LogP contribution is -2.15. The van der Waals surface area contributed by atoms with Crippen LogP contribution in [0, 0.1) is 17.7 Å². The molecule has 0 fully saturated rings. The lowest BCUT2D eigenvalue weighted by Gasteiger charge is -2.13. The minimum Gasteiger partial charge on any atom is -0.366 e. The van der Waals surface area contributed by atoms with Gasteiger partial charge >= 0.3 is 6.18 Å². The molecule has 0 saturated heterocycles. The van der Waals surface area contributed by atoms with E-state index in [1.54, 1.807) is 19.1 Å². The molecular formula is C20H14ClF4N3. The monoisotopic (exact) mass is 407 g/mol. The first-order chi connectivity index (χ1) is 13.3. The second-order valence-corrected chi connectivity index (χ2v) is 6.53. The topological polar surface area (TPSA) is 37.8 Å². The molecule has 2 aromatic carbocycles. The Hall–Kier alpha value is -2.85. The number of para-hydroxylation sites is 1. The van der Waals surface area contributed by atoms with E-state index < -0.39 is 17.6 Å². The summed E-state index contributed by atoms with van der Waals surface area (Å²) in [6, 6.07) is 7.77. The van der Waals surface area contributed by atoms with Crippen molar-refractivity contribution in [2.24, 2.45) is 0 Å². The van der Waals surface area contributed by atoms with E-state index in [0.29, 0.717) is 11.2 Å². The Bertz CT molecular complexity index is 1070. The van der Waals surface area contributed by atoms with Crippen LogP contribution in [0.15, 0.2) is 42.7 Å². The van der Waals surface area contributed by atoms with Gasteiger partial charge in [-0.3, -0.25) is 0 Å². The number of nitrogens with zero attached hydrogens (tertiary/aromatic N) is 2. The van der Waals surface area contributed by atoms with Gasteiger partial charge in [-0.1, -0.05) is 29.5 Å². The number of hydrogen-bond donors (Lipinski definition) is 1. The maximum absolute atomic E-state index is 13.8. The molecule has 0 amide bonds. The van der Waals surface area contributed by atoms with Crippen LogP contribution in [0.3, 0.4) is 0 Å². The highest BCUT2D eigenvalue weighted by molar-refractivity contribution is 6.30. The lowest BCUT2D eigenvalue weighted by molar-refractivity contribution is -0.137. The molecular weight excluding hydrogens is 394 g/mol. The fraction of sp³-hybridized carbons (Fsp3) is 0.200. The van der Waals surface area contributed by atoms with E-state index in [1.807, 2.05) is 0 Å². The molecule has 0 bridgehead atoms. The van der Waals surface area contributed by atoms with Gasteiger partial charge in [-0.05, 0) is 37.3 Å². The Balaban J connectivity index is 1.77. The highest BCUT2D eigenvalue weighted by Crippen LogP contribution is 2.33. The Labute approximate surface area is 163 Å². The van der Waals surface area contributed by atoms with Crippen LogP contribution in [0.2, 0.25) is 5.02 Å². The first-order valence-electron chi connectivity index (χ1n) is 8.27. The normalized spacial score (nSPS) is 12.4. The molecule has 144 valence electrons. The molecule has 3 aromatic rings.